The van der Waals surface area contributed by atoms with Crippen LogP contribution in [0, 0.1) is 6.92 Å². The summed E-state index contributed by atoms with van der Waals surface area (Å²) in [4.78, 5) is 11.4. The molecule has 2 rings (SSSR count). The highest BCUT2D eigenvalue weighted by Gasteiger charge is 2.16. The molecule has 1 amide bonds. The van der Waals surface area contributed by atoms with Crippen molar-refractivity contribution in [3.05, 3.63) is 36.0 Å². The van der Waals surface area contributed by atoms with E-state index in [1.165, 1.54) is 0 Å². The van der Waals surface area contributed by atoms with Gasteiger partial charge in [0, 0.05) is 12.6 Å². The Morgan fingerprint density at radius 3 is 2.58 bits per heavy atom. The van der Waals surface area contributed by atoms with Gasteiger partial charge in [0.25, 0.3) is 0 Å². The Kier molecular flexibility index (Phi) is 5.39. The van der Waals surface area contributed by atoms with Crippen LogP contribution in [-0.4, -0.2) is 21.6 Å². The number of rotatable bonds is 3. The third-order valence-electron chi connectivity index (χ3n) is 2.66. The van der Waals surface area contributed by atoms with Crippen molar-refractivity contribution in [2.45, 2.75) is 6.92 Å². The van der Waals surface area contributed by atoms with E-state index in [0.717, 1.165) is 16.8 Å². The van der Waals surface area contributed by atoms with E-state index in [1.54, 1.807) is 11.7 Å². The van der Waals surface area contributed by atoms with Crippen LogP contribution in [0.1, 0.15) is 5.69 Å². The van der Waals surface area contributed by atoms with Gasteiger partial charge in [-0.05, 0) is 12.5 Å². The Labute approximate surface area is 123 Å². The molecule has 0 bridgehead atoms. The van der Waals surface area contributed by atoms with E-state index in [2.05, 4.69) is 10.4 Å². The number of aryl methyl sites for hydroxylation is 2. The van der Waals surface area contributed by atoms with Gasteiger partial charge in [-0.2, -0.15) is 5.10 Å². The fraction of sp³-hybridized carbons (Fsp3) is 0.231. The van der Waals surface area contributed by atoms with E-state index in [4.69, 9.17) is 11.6 Å². The van der Waals surface area contributed by atoms with Crippen molar-refractivity contribution in [2.75, 3.05) is 11.2 Å². The zero-order chi connectivity index (χ0) is 13.1. The Morgan fingerprint density at radius 1 is 1.37 bits per heavy atom. The van der Waals surface area contributed by atoms with Crippen LogP contribution in [0.2, 0.25) is 0 Å². The summed E-state index contributed by atoms with van der Waals surface area (Å²) in [5, 5.41) is 7.11. The van der Waals surface area contributed by atoms with Gasteiger partial charge in [0.1, 0.15) is 11.7 Å². The Bertz CT molecular complexity index is 567. The Hall–Kier alpha value is -1.52. The topological polar surface area (TPSA) is 46.9 Å². The van der Waals surface area contributed by atoms with Gasteiger partial charge >= 0.3 is 0 Å². The first-order valence-corrected chi connectivity index (χ1v) is 6.11. The second-order valence-electron chi connectivity index (χ2n) is 3.98. The molecule has 6 heteroatoms. The lowest BCUT2D eigenvalue weighted by Gasteiger charge is -2.07. The van der Waals surface area contributed by atoms with Crippen LogP contribution in [0.15, 0.2) is 30.3 Å². The number of aromatic nitrogens is 2. The highest BCUT2D eigenvalue weighted by molar-refractivity contribution is 6.29. The van der Waals surface area contributed by atoms with E-state index in [0.29, 0.717) is 5.82 Å². The number of nitrogens with zero attached hydrogens (tertiary/aromatic N) is 2. The number of carbonyl (C=O) groups excluding carboxylic acids is 1. The third-order valence-corrected chi connectivity index (χ3v) is 2.91. The molecular formula is C13H15Cl2N3O. The lowest BCUT2D eigenvalue weighted by molar-refractivity contribution is -0.114. The van der Waals surface area contributed by atoms with Gasteiger partial charge in [-0.15, -0.1) is 24.0 Å². The van der Waals surface area contributed by atoms with Crippen LogP contribution in [0.4, 0.5) is 5.82 Å². The first kappa shape index (κ1) is 15.5. The van der Waals surface area contributed by atoms with Crippen molar-refractivity contribution in [1.29, 1.82) is 0 Å². The number of halogens is 2. The lowest BCUT2D eigenvalue weighted by Crippen LogP contribution is -2.15. The Balaban J connectivity index is 0.00000180. The largest absolute Gasteiger partial charge is 0.309 e. The molecule has 2 aromatic rings. The van der Waals surface area contributed by atoms with Gasteiger partial charge in [0.15, 0.2) is 0 Å². The molecule has 0 saturated heterocycles. The molecule has 0 unspecified atom stereocenters. The molecule has 1 aromatic heterocycles. The Morgan fingerprint density at radius 2 is 2.00 bits per heavy atom. The zero-order valence-corrected chi connectivity index (χ0v) is 12.3. The molecule has 0 atom stereocenters. The van der Waals surface area contributed by atoms with Crippen molar-refractivity contribution in [1.82, 2.24) is 9.78 Å². The minimum atomic E-state index is -0.239. The molecular weight excluding hydrogens is 285 g/mol. The third kappa shape index (κ3) is 3.28. The lowest BCUT2D eigenvalue weighted by atomic mass is 10.1. The average molecular weight is 300 g/mol. The molecule has 0 aliphatic rings. The highest BCUT2D eigenvalue weighted by Crippen LogP contribution is 2.30. The summed E-state index contributed by atoms with van der Waals surface area (Å²) in [7, 11) is 1.79. The maximum Gasteiger partial charge on any atom is 0.240 e. The predicted molar refractivity (Wildman–Crippen MR) is 80.0 cm³/mol. The molecule has 102 valence electrons. The van der Waals surface area contributed by atoms with Crippen LogP contribution in [-0.2, 0) is 11.8 Å². The number of hydrogen-bond acceptors (Lipinski definition) is 2. The van der Waals surface area contributed by atoms with Gasteiger partial charge in [-0.1, -0.05) is 30.3 Å². The molecule has 1 N–H and O–H groups in total. The first-order valence-electron chi connectivity index (χ1n) is 5.58. The number of amides is 1. The maximum atomic E-state index is 11.4. The molecule has 0 aliphatic carbocycles. The monoisotopic (exact) mass is 299 g/mol. The summed E-state index contributed by atoms with van der Waals surface area (Å²) in [5.41, 5.74) is 2.82. The van der Waals surface area contributed by atoms with Gasteiger partial charge in [0.2, 0.25) is 5.91 Å². The van der Waals surface area contributed by atoms with Gasteiger partial charge in [-0.25, -0.2) is 0 Å². The van der Waals surface area contributed by atoms with Gasteiger partial charge < -0.3 is 5.32 Å². The van der Waals surface area contributed by atoms with E-state index < -0.39 is 0 Å². The SMILES string of the molecule is Cc1nn(C)c(NC(=O)CCl)c1-c1ccccc1.Cl. The maximum absolute atomic E-state index is 11.4. The summed E-state index contributed by atoms with van der Waals surface area (Å²) in [5.74, 6) is 0.361. The van der Waals surface area contributed by atoms with Crippen molar-refractivity contribution in [3.63, 3.8) is 0 Å². The van der Waals surface area contributed by atoms with Crippen molar-refractivity contribution in [2.24, 2.45) is 7.05 Å². The van der Waals surface area contributed by atoms with Crippen LogP contribution in [0.5, 0.6) is 0 Å². The zero-order valence-electron chi connectivity index (χ0n) is 10.7. The van der Waals surface area contributed by atoms with Crippen LogP contribution in [0.25, 0.3) is 11.1 Å². The quantitative estimate of drug-likeness (QED) is 0.886. The predicted octanol–water partition coefficient (Wildman–Crippen LogP) is 2.99. The van der Waals surface area contributed by atoms with E-state index >= 15 is 0 Å². The number of nitrogens with one attached hydrogen (secondary N) is 1. The summed E-state index contributed by atoms with van der Waals surface area (Å²) in [6.07, 6.45) is 0. The minimum absolute atomic E-state index is 0. The van der Waals surface area contributed by atoms with Gasteiger partial charge in [-0.3, -0.25) is 9.48 Å². The summed E-state index contributed by atoms with van der Waals surface area (Å²) in [6, 6.07) is 9.83. The molecule has 1 aromatic carbocycles. The standard InChI is InChI=1S/C13H14ClN3O.ClH/c1-9-12(10-6-4-3-5-7-10)13(17(2)16-9)15-11(18)8-14;/h3-7H,8H2,1-2H3,(H,15,18);1H. The summed E-state index contributed by atoms with van der Waals surface area (Å²) in [6.45, 7) is 1.92. The molecule has 1 heterocycles. The highest BCUT2D eigenvalue weighted by atomic mass is 35.5. The van der Waals surface area contributed by atoms with Crippen molar-refractivity contribution >= 4 is 35.7 Å². The van der Waals surface area contributed by atoms with Crippen LogP contribution in [0.3, 0.4) is 0 Å². The number of hydrogen-bond donors (Lipinski definition) is 1. The molecule has 0 radical (unpaired) electrons. The number of alkyl halides is 1. The molecule has 0 spiro atoms. The van der Waals surface area contributed by atoms with Crippen LogP contribution < -0.4 is 5.32 Å². The fourth-order valence-corrected chi connectivity index (χ4v) is 1.98. The van der Waals surface area contributed by atoms with E-state index in [-0.39, 0.29) is 24.2 Å². The van der Waals surface area contributed by atoms with Crippen molar-refractivity contribution < 1.29 is 4.79 Å². The molecule has 4 nitrogen and oxygen atoms in total. The molecule has 0 fully saturated rings. The molecule has 19 heavy (non-hydrogen) atoms. The van der Waals surface area contributed by atoms with E-state index in [9.17, 15) is 4.79 Å². The minimum Gasteiger partial charge on any atom is -0.309 e. The summed E-state index contributed by atoms with van der Waals surface area (Å²) >= 11 is 5.52. The second-order valence-corrected chi connectivity index (χ2v) is 4.25. The van der Waals surface area contributed by atoms with Gasteiger partial charge in [0.05, 0.1) is 5.69 Å². The second kappa shape index (κ2) is 6.59. The van der Waals surface area contributed by atoms with E-state index in [1.807, 2.05) is 37.3 Å². The van der Waals surface area contributed by atoms with Crippen molar-refractivity contribution in [3.8, 4) is 11.1 Å². The number of anilines is 1. The first-order chi connectivity index (χ1) is 8.63. The fourth-order valence-electron chi connectivity index (χ4n) is 1.92. The molecule has 0 saturated carbocycles. The van der Waals surface area contributed by atoms with Crippen LogP contribution >= 0.6 is 24.0 Å². The number of carbonyl (C=O) groups is 1. The normalized spacial score (nSPS) is 9.84. The summed E-state index contributed by atoms with van der Waals surface area (Å²) < 4.78 is 1.65. The molecule has 0 aliphatic heterocycles. The number of benzene rings is 1. The smallest absolute Gasteiger partial charge is 0.240 e. The average Bonchev–Trinajstić information content (AvgIpc) is 2.65.